The number of rotatable bonds is 9. The quantitative estimate of drug-likeness (QED) is 0.224. The van der Waals surface area contributed by atoms with Gasteiger partial charge in [-0.05, 0) is 60.6 Å². The normalized spacial score (nSPS) is 14.5. The Hall–Kier alpha value is -3.54. The molecule has 0 spiro atoms. The molecule has 2 aromatic heterocycles. The highest BCUT2D eigenvalue weighted by atomic mass is 16.3. The van der Waals surface area contributed by atoms with Crippen molar-refractivity contribution in [3.05, 3.63) is 78.0 Å². The van der Waals surface area contributed by atoms with Crippen LogP contribution >= 0.6 is 0 Å². The lowest BCUT2D eigenvalue weighted by molar-refractivity contribution is -0.123. The number of Topliss-reactive ketones (excluding diaryl/α,β-unsaturated/α-hetero) is 1. The van der Waals surface area contributed by atoms with Crippen LogP contribution in [0.4, 0.5) is 5.82 Å². The summed E-state index contributed by atoms with van der Waals surface area (Å²) < 4.78 is 1.79. The molecule has 5 rings (SSSR count). The largest absolute Gasteiger partial charge is 0.507 e. The predicted molar refractivity (Wildman–Crippen MR) is 151 cm³/mol. The fourth-order valence-electron chi connectivity index (χ4n) is 5.46. The average Bonchev–Trinajstić information content (AvgIpc) is 3.10. The van der Waals surface area contributed by atoms with E-state index in [4.69, 9.17) is 7.85 Å². The van der Waals surface area contributed by atoms with Crippen molar-refractivity contribution in [1.82, 2.24) is 9.61 Å². The first-order chi connectivity index (χ1) is 18.1. The van der Waals surface area contributed by atoms with Gasteiger partial charge in [0.1, 0.15) is 25.2 Å². The van der Waals surface area contributed by atoms with Crippen molar-refractivity contribution in [3.63, 3.8) is 0 Å². The molecule has 4 aromatic rings. The summed E-state index contributed by atoms with van der Waals surface area (Å²) in [6.45, 7) is 0.619. The third-order valence-electron chi connectivity index (χ3n) is 7.53. The molecule has 5 nitrogen and oxygen atoms in total. The number of phenols is 1. The van der Waals surface area contributed by atoms with Crippen molar-refractivity contribution in [2.24, 2.45) is 5.92 Å². The van der Waals surface area contributed by atoms with Crippen molar-refractivity contribution < 1.29 is 9.90 Å². The van der Waals surface area contributed by atoms with Gasteiger partial charge in [0.15, 0.2) is 0 Å². The van der Waals surface area contributed by atoms with E-state index < -0.39 is 0 Å². The van der Waals surface area contributed by atoms with E-state index in [1.807, 2.05) is 30.3 Å². The van der Waals surface area contributed by atoms with E-state index in [2.05, 4.69) is 34.7 Å². The number of pyridine rings is 1. The molecule has 37 heavy (non-hydrogen) atoms. The van der Waals surface area contributed by atoms with Gasteiger partial charge in [-0.2, -0.15) is 5.10 Å². The Kier molecular flexibility index (Phi) is 7.93. The molecular weight excluding hydrogens is 457 g/mol. The van der Waals surface area contributed by atoms with Crippen LogP contribution in [0.3, 0.4) is 0 Å². The number of aryl methyl sites for hydroxylation is 1. The molecule has 0 aliphatic heterocycles. The minimum atomic E-state index is 0.223. The summed E-state index contributed by atoms with van der Waals surface area (Å²) in [5.74, 6) is 1.78. The highest BCUT2D eigenvalue weighted by Crippen LogP contribution is 2.31. The van der Waals surface area contributed by atoms with Gasteiger partial charge in [-0.25, -0.2) is 4.52 Å². The summed E-state index contributed by atoms with van der Waals surface area (Å²) in [5.41, 5.74) is 5.40. The number of ketones is 1. The molecule has 2 aromatic carbocycles. The van der Waals surface area contributed by atoms with Crippen LogP contribution in [0, 0.1) is 5.92 Å². The number of hydrogen-bond donors (Lipinski definition) is 2. The maximum Gasteiger partial charge on any atom is 0.135 e. The molecule has 0 atom stereocenters. The number of carbonyl (C=O) groups excluding carboxylic acids is 1. The summed E-state index contributed by atoms with van der Waals surface area (Å²) in [4.78, 5) is 12.7. The number of para-hydroxylation sites is 1. The van der Waals surface area contributed by atoms with Crippen LogP contribution in [0.2, 0.25) is 0 Å². The molecular formula is C31H34BN3O2. The second-order valence-corrected chi connectivity index (χ2v) is 10.2. The summed E-state index contributed by atoms with van der Waals surface area (Å²) in [5, 5.41) is 18.3. The number of anilines is 1. The predicted octanol–water partition coefficient (Wildman–Crippen LogP) is 5.98. The number of nitrogens with zero attached hydrogens (tertiary/aromatic N) is 2. The smallest absolute Gasteiger partial charge is 0.135 e. The summed E-state index contributed by atoms with van der Waals surface area (Å²) in [7, 11) is 6.18. The molecule has 1 fully saturated rings. The Morgan fingerprint density at radius 2 is 1.78 bits per heavy atom. The third-order valence-corrected chi connectivity index (χ3v) is 7.53. The van der Waals surface area contributed by atoms with Crippen molar-refractivity contribution in [1.29, 1.82) is 0 Å². The standard InChI is InChI=1S/C31H34BN3O2/c32-27-21-34-35-28(27)18-25(26-14-5-6-15-30(26)37)19-31(35)33-20-23-11-7-9-22(17-23)10-8-16-29(36)24-12-3-1-2-4-13-24/h5-7,9,11,14-15,17-19,21,24,33,37H,1-4,8,10,12-13,16,20H2. The zero-order valence-corrected chi connectivity index (χ0v) is 21.3. The van der Waals surface area contributed by atoms with E-state index >= 15 is 0 Å². The fraction of sp³-hybridized carbons (Fsp3) is 0.355. The van der Waals surface area contributed by atoms with Crippen molar-refractivity contribution in [2.45, 2.75) is 64.3 Å². The van der Waals surface area contributed by atoms with Crippen molar-refractivity contribution in [3.8, 4) is 16.9 Å². The SMILES string of the molecule is [B]c1cnn2c(NCc3cccc(CCCC(=O)C4CCCCCC4)c3)cc(-c3ccccc3O)cc12. The van der Waals surface area contributed by atoms with Crippen LogP contribution in [0.1, 0.15) is 62.5 Å². The van der Waals surface area contributed by atoms with E-state index in [1.165, 1.54) is 31.2 Å². The Bertz CT molecular complexity index is 1370. The summed E-state index contributed by atoms with van der Waals surface area (Å²) >= 11 is 0. The monoisotopic (exact) mass is 491 g/mol. The molecule has 6 heteroatoms. The second kappa shape index (κ2) is 11.7. The van der Waals surface area contributed by atoms with Gasteiger partial charge in [-0.15, -0.1) is 0 Å². The van der Waals surface area contributed by atoms with Gasteiger partial charge >= 0.3 is 0 Å². The lowest BCUT2D eigenvalue weighted by Crippen LogP contribution is -2.13. The maximum absolute atomic E-state index is 12.7. The third kappa shape index (κ3) is 6.07. The van der Waals surface area contributed by atoms with Gasteiger partial charge in [0.25, 0.3) is 0 Å². The zero-order valence-electron chi connectivity index (χ0n) is 21.3. The molecule has 0 amide bonds. The lowest BCUT2D eigenvalue weighted by atomic mass is 9.92. The Morgan fingerprint density at radius 1 is 1.00 bits per heavy atom. The molecule has 1 saturated carbocycles. The van der Waals surface area contributed by atoms with Crippen LogP contribution in [0.5, 0.6) is 5.75 Å². The van der Waals surface area contributed by atoms with Crippen LogP contribution in [-0.4, -0.2) is 28.4 Å². The number of aromatic nitrogens is 2. The molecule has 0 saturated heterocycles. The van der Waals surface area contributed by atoms with Gasteiger partial charge in [0, 0.05) is 30.6 Å². The highest BCUT2D eigenvalue weighted by molar-refractivity contribution is 6.36. The number of phenolic OH excluding ortho intramolecular Hbond substituents is 1. The van der Waals surface area contributed by atoms with Gasteiger partial charge in [0.05, 0.1) is 5.52 Å². The van der Waals surface area contributed by atoms with Crippen LogP contribution < -0.4 is 10.8 Å². The fourth-order valence-corrected chi connectivity index (χ4v) is 5.46. The number of fused-ring (bicyclic) bond motifs is 1. The van der Waals surface area contributed by atoms with Gasteiger partial charge < -0.3 is 10.4 Å². The van der Waals surface area contributed by atoms with E-state index in [0.29, 0.717) is 30.1 Å². The molecule has 188 valence electrons. The average molecular weight is 491 g/mol. The number of aromatic hydroxyl groups is 1. The molecule has 2 radical (unpaired) electrons. The first kappa shape index (κ1) is 25.1. The van der Waals surface area contributed by atoms with E-state index in [0.717, 1.165) is 53.7 Å². The van der Waals surface area contributed by atoms with Crippen molar-refractivity contribution in [2.75, 3.05) is 5.32 Å². The molecule has 1 aliphatic rings. The summed E-state index contributed by atoms with van der Waals surface area (Å²) in [6.07, 6.45) is 11.3. The molecule has 0 unspecified atom stereocenters. The highest BCUT2D eigenvalue weighted by Gasteiger charge is 2.19. The van der Waals surface area contributed by atoms with Crippen molar-refractivity contribution >= 4 is 30.4 Å². The zero-order chi connectivity index (χ0) is 25.6. The minimum absolute atomic E-state index is 0.223. The topological polar surface area (TPSA) is 66.6 Å². The second-order valence-electron chi connectivity index (χ2n) is 10.2. The number of nitrogens with one attached hydrogen (secondary N) is 1. The van der Waals surface area contributed by atoms with Crippen LogP contribution in [0.25, 0.3) is 16.6 Å². The van der Waals surface area contributed by atoms with Gasteiger partial charge in [-0.3, -0.25) is 4.79 Å². The first-order valence-electron chi connectivity index (χ1n) is 13.5. The first-order valence-corrected chi connectivity index (χ1v) is 13.5. The maximum atomic E-state index is 12.7. The van der Waals surface area contributed by atoms with E-state index in [1.54, 1.807) is 16.8 Å². The lowest BCUT2D eigenvalue weighted by Gasteiger charge is -2.14. The molecule has 2 N–H and O–H groups in total. The van der Waals surface area contributed by atoms with Gasteiger partial charge in [-0.1, -0.05) is 73.6 Å². The van der Waals surface area contributed by atoms with Crippen LogP contribution in [0.15, 0.2) is 66.9 Å². The number of carbonyl (C=O) groups is 1. The number of benzene rings is 2. The minimum Gasteiger partial charge on any atom is -0.507 e. The molecule has 0 bridgehead atoms. The Morgan fingerprint density at radius 3 is 2.59 bits per heavy atom. The van der Waals surface area contributed by atoms with Crippen LogP contribution in [-0.2, 0) is 17.8 Å². The Balaban J connectivity index is 1.25. The summed E-state index contributed by atoms with van der Waals surface area (Å²) in [6, 6.07) is 19.8. The molecule has 2 heterocycles. The van der Waals surface area contributed by atoms with Gasteiger partial charge in [0.2, 0.25) is 0 Å². The Labute approximate surface area is 220 Å². The van der Waals surface area contributed by atoms with E-state index in [9.17, 15) is 9.90 Å². The molecule has 1 aliphatic carbocycles. The van der Waals surface area contributed by atoms with E-state index in [-0.39, 0.29) is 5.75 Å². The number of hydrogen-bond acceptors (Lipinski definition) is 4.